The molecule has 3 aromatic carbocycles. The van der Waals surface area contributed by atoms with Crippen LogP contribution >= 0.6 is 0 Å². The number of aromatic nitrogens is 2. The van der Waals surface area contributed by atoms with E-state index in [1.54, 1.807) is 0 Å². The number of hydrogen-bond donors (Lipinski definition) is 2. The molecule has 0 radical (unpaired) electrons. The summed E-state index contributed by atoms with van der Waals surface area (Å²) in [6.07, 6.45) is 1.88. The Bertz CT molecular complexity index is 1390. The summed E-state index contributed by atoms with van der Waals surface area (Å²) in [6.45, 7) is 6.60. The predicted octanol–water partition coefficient (Wildman–Crippen LogP) is 6.93. The van der Waals surface area contributed by atoms with Gasteiger partial charge in [0.2, 0.25) is 0 Å². The minimum absolute atomic E-state index is 0.0255. The monoisotopic (exact) mass is 391 g/mol. The number of hydrogen-bond acceptors (Lipinski definition) is 2. The van der Waals surface area contributed by atoms with Crippen LogP contribution in [0.3, 0.4) is 0 Å². The van der Waals surface area contributed by atoms with Crippen molar-refractivity contribution < 1.29 is 0 Å². The van der Waals surface area contributed by atoms with E-state index in [0.29, 0.717) is 0 Å². The van der Waals surface area contributed by atoms with Gasteiger partial charge < -0.3 is 10.7 Å². The van der Waals surface area contributed by atoms with Crippen molar-refractivity contribution >= 4 is 27.5 Å². The average Bonchev–Trinajstić information content (AvgIpc) is 3.11. The molecule has 0 aliphatic heterocycles. The molecule has 0 saturated heterocycles. The van der Waals surface area contributed by atoms with Crippen LogP contribution in [-0.4, -0.2) is 9.97 Å². The highest BCUT2D eigenvalue weighted by Gasteiger charge is 2.16. The molecule has 0 saturated carbocycles. The van der Waals surface area contributed by atoms with Gasteiger partial charge in [-0.2, -0.15) is 0 Å². The quantitative estimate of drug-likeness (QED) is 0.321. The van der Waals surface area contributed by atoms with Crippen molar-refractivity contribution in [2.45, 2.75) is 26.2 Å². The molecule has 30 heavy (non-hydrogen) atoms. The van der Waals surface area contributed by atoms with E-state index in [-0.39, 0.29) is 5.41 Å². The Balaban J connectivity index is 1.68. The number of nitrogens with one attached hydrogen (secondary N) is 1. The Morgan fingerprint density at radius 3 is 2.43 bits per heavy atom. The van der Waals surface area contributed by atoms with Gasteiger partial charge in [-0.3, -0.25) is 4.98 Å². The van der Waals surface area contributed by atoms with Gasteiger partial charge in [0.25, 0.3) is 0 Å². The number of nitrogens with zero attached hydrogens (tertiary/aromatic N) is 1. The Kier molecular flexibility index (Phi) is 4.14. The molecule has 3 N–H and O–H groups in total. The van der Waals surface area contributed by atoms with Crippen LogP contribution in [-0.2, 0) is 5.41 Å². The molecule has 148 valence electrons. The third kappa shape index (κ3) is 3.13. The molecule has 0 amide bonds. The van der Waals surface area contributed by atoms with Crippen LogP contribution in [0.2, 0.25) is 0 Å². The second-order valence-electron chi connectivity index (χ2n) is 8.92. The first-order valence-electron chi connectivity index (χ1n) is 10.3. The highest BCUT2D eigenvalue weighted by atomic mass is 14.7. The normalized spacial score (nSPS) is 12.0. The van der Waals surface area contributed by atoms with E-state index in [1.807, 2.05) is 12.3 Å². The lowest BCUT2D eigenvalue weighted by Crippen LogP contribution is -2.11. The molecule has 0 aliphatic rings. The van der Waals surface area contributed by atoms with E-state index in [0.717, 1.165) is 33.5 Å². The highest BCUT2D eigenvalue weighted by molar-refractivity contribution is 6.11. The van der Waals surface area contributed by atoms with Crippen molar-refractivity contribution in [3.8, 4) is 22.4 Å². The van der Waals surface area contributed by atoms with Crippen molar-refractivity contribution in [2.75, 3.05) is 5.73 Å². The molecule has 0 bridgehead atoms. The first kappa shape index (κ1) is 18.4. The Labute approximate surface area is 176 Å². The Hall–Kier alpha value is -3.59. The molecule has 0 atom stereocenters. The second kappa shape index (κ2) is 6.74. The van der Waals surface area contributed by atoms with Crippen molar-refractivity contribution in [1.82, 2.24) is 9.97 Å². The summed E-state index contributed by atoms with van der Waals surface area (Å²) in [5, 5.41) is 2.48. The van der Waals surface area contributed by atoms with Crippen LogP contribution < -0.4 is 5.73 Å². The predicted molar refractivity (Wildman–Crippen MR) is 128 cm³/mol. The summed E-state index contributed by atoms with van der Waals surface area (Å²) in [5.74, 6) is 0. The van der Waals surface area contributed by atoms with Gasteiger partial charge in [-0.15, -0.1) is 0 Å². The fourth-order valence-corrected chi connectivity index (χ4v) is 4.10. The number of para-hydroxylation sites is 2. The maximum Gasteiger partial charge on any atom is 0.0709 e. The number of rotatable bonds is 2. The summed E-state index contributed by atoms with van der Waals surface area (Å²) in [6, 6.07) is 25.4. The van der Waals surface area contributed by atoms with E-state index in [1.165, 1.54) is 21.9 Å². The molecule has 5 aromatic rings. The fourth-order valence-electron chi connectivity index (χ4n) is 4.10. The second-order valence-corrected chi connectivity index (χ2v) is 8.92. The van der Waals surface area contributed by atoms with Gasteiger partial charge in [-0.05, 0) is 52.9 Å². The maximum atomic E-state index is 6.23. The summed E-state index contributed by atoms with van der Waals surface area (Å²) in [7, 11) is 0. The molecule has 3 nitrogen and oxygen atoms in total. The summed E-state index contributed by atoms with van der Waals surface area (Å²) >= 11 is 0. The van der Waals surface area contributed by atoms with Gasteiger partial charge >= 0.3 is 0 Å². The van der Waals surface area contributed by atoms with E-state index in [9.17, 15) is 0 Å². The largest absolute Gasteiger partial charge is 0.399 e. The lowest BCUT2D eigenvalue weighted by molar-refractivity contribution is 0.591. The van der Waals surface area contributed by atoms with Crippen molar-refractivity contribution in [3.05, 3.63) is 84.6 Å². The SMILES string of the molecule is CC(C)(C)c1cc(N)cc(-c2cc(-c3cccc4c3[nH]c3ccccc34)ccn2)c1. The Morgan fingerprint density at radius 1 is 0.800 bits per heavy atom. The third-order valence-electron chi connectivity index (χ3n) is 5.73. The first-order chi connectivity index (χ1) is 14.4. The zero-order chi connectivity index (χ0) is 20.9. The molecule has 0 aliphatic carbocycles. The number of H-pyrrole nitrogens is 1. The zero-order valence-electron chi connectivity index (χ0n) is 17.5. The first-order valence-corrected chi connectivity index (χ1v) is 10.3. The Morgan fingerprint density at radius 2 is 1.60 bits per heavy atom. The van der Waals surface area contributed by atoms with Gasteiger partial charge in [0.05, 0.1) is 11.2 Å². The number of anilines is 1. The minimum Gasteiger partial charge on any atom is -0.399 e. The lowest BCUT2D eigenvalue weighted by Gasteiger charge is -2.20. The van der Waals surface area contributed by atoms with E-state index in [4.69, 9.17) is 5.73 Å². The number of nitrogen functional groups attached to an aromatic ring is 1. The smallest absolute Gasteiger partial charge is 0.0709 e. The van der Waals surface area contributed by atoms with Gasteiger partial charge in [-0.1, -0.05) is 57.2 Å². The average molecular weight is 392 g/mol. The molecular formula is C27H25N3. The summed E-state index contributed by atoms with van der Waals surface area (Å²) in [4.78, 5) is 8.26. The van der Waals surface area contributed by atoms with Gasteiger partial charge in [-0.25, -0.2) is 0 Å². The number of aromatic amines is 1. The topological polar surface area (TPSA) is 54.7 Å². The minimum atomic E-state index is 0.0255. The van der Waals surface area contributed by atoms with E-state index < -0.39 is 0 Å². The lowest BCUT2D eigenvalue weighted by atomic mass is 9.85. The molecular weight excluding hydrogens is 366 g/mol. The van der Waals surface area contributed by atoms with Crippen LogP contribution in [0.5, 0.6) is 0 Å². The maximum absolute atomic E-state index is 6.23. The van der Waals surface area contributed by atoms with E-state index >= 15 is 0 Å². The third-order valence-corrected chi connectivity index (χ3v) is 5.73. The summed E-state index contributed by atoms with van der Waals surface area (Å²) in [5.41, 5.74) is 14.8. The van der Waals surface area contributed by atoms with Crippen LogP contribution in [0, 0.1) is 0 Å². The number of nitrogens with two attached hydrogens (primary N) is 1. The molecule has 2 heterocycles. The van der Waals surface area contributed by atoms with Crippen molar-refractivity contribution in [1.29, 1.82) is 0 Å². The number of pyridine rings is 1. The molecule has 3 heteroatoms. The highest BCUT2D eigenvalue weighted by Crippen LogP contribution is 2.35. The van der Waals surface area contributed by atoms with Crippen LogP contribution in [0.15, 0.2) is 79.0 Å². The molecule has 0 spiro atoms. The molecule has 2 aromatic heterocycles. The van der Waals surface area contributed by atoms with Crippen LogP contribution in [0.1, 0.15) is 26.3 Å². The van der Waals surface area contributed by atoms with Gasteiger partial charge in [0.1, 0.15) is 0 Å². The van der Waals surface area contributed by atoms with Crippen molar-refractivity contribution in [2.24, 2.45) is 0 Å². The fraction of sp³-hybridized carbons (Fsp3) is 0.148. The number of fused-ring (bicyclic) bond motifs is 3. The zero-order valence-corrected chi connectivity index (χ0v) is 17.5. The van der Waals surface area contributed by atoms with Crippen LogP contribution in [0.25, 0.3) is 44.2 Å². The van der Waals surface area contributed by atoms with Crippen LogP contribution in [0.4, 0.5) is 5.69 Å². The standard InChI is InChI=1S/C27H25N3/c1-27(2,3)19-13-18(14-20(28)16-19)25-15-17(11-12-29-25)21-8-6-9-23-22-7-4-5-10-24(22)30-26(21)23/h4-16,30H,28H2,1-3H3. The molecule has 5 rings (SSSR count). The number of benzene rings is 3. The van der Waals surface area contributed by atoms with Gasteiger partial charge in [0.15, 0.2) is 0 Å². The molecule has 0 fully saturated rings. The van der Waals surface area contributed by atoms with Gasteiger partial charge in [0, 0.05) is 39.3 Å². The van der Waals surface area contributed by atoms with E-state index in [2.05, 4.69) is 97.5 Å². The summed E-state index contributed by atoms with van der Waals surface area (Å²) < 4.78 is 0. The molecule has 0 unspecified atom stereocenters. The van der Waals surface area contributed by atoms with Crippen molar-refractivity contribution in [3.63, 3.8) is 0 Å².